The van der Waals surface area contributed by atoms with Crippen molar-refractivity contribution in [2.75, 3.05) is 13.1 Å². The molecular weight excluding hydrogens is 140 g/mol. The Kier molecular flexibility index (Phi) is 3.36. The molecule has 1 saturated heterocycles. The lowest BCUT2D eigenvalue weighted by Crippen LogP contribution is -2.51. The second-order valence-electron chi connectivity index (χ2n) is 3.02. The second-order valence-corrected chi connectivity index (χ2v) is 3.02. The summed E-state index contributed by atoms with van der Waals surface area (Å²) >= 11 is 0. The minimum Gasteiger partial charge on any atom is -0.353 e. The Balaban J connectivity index is 2.12. The van der Waals surface area contributed by atoms with Gasteiger partial charge in [-0.2, -0.15) is 0 Å². The van der Waals surface area contributed by atoms with Crippen LogP contribution in [0.5, 0.6) is 0 Å². The molecule has 1 amide bonds. The lowest BCUT2D eigenvalue weighted by atomic mass is 10.1. The summed E-state index contributed by atoms with van der Waals surface area (Å²) in [6.45, 7) is 3.48. The van der Waals surface area contributed by atoms with Crippen LogP contribution in [0.15, 0.2) is 0 Å². The summed E-state index contributed by atoms with van der Waals surface area (Å²) in [6.07, 6.45) is 3.65. The minimum absolute atomic E-state index is 0.123. The largest absolute Gasteiger partial charge is 0.353 e. The van der Waals surface area contributed by atoms with E-state index in [4.69, 9.17) is 0 Å². The van der Waals surface area contributed by atoms with Gasteiger partial charge in [0.05, 0.1) is 6.54 Å². The van der Waals surface area contributed by atoms with E-state index in [9.17, 15) is 4.79 Å². The highest BCUT2D eigenvalue weighted by Crippen LogP contribution is 2.00. The molecule has 1 atom stereocenters. The van der Waals surface area contributed by atoms with Crippen molar-refractivity contribution in [1.82, 2.24) is 10.6 Å². The zero-order valence-corrected chi connectivity index (χ0v) is 7.02. The third kappa shape index (κ3) is 2.89. The van der Waals surface area contributed by atoms with Gasteiger partial charge in [-0.25, -0.2) is 0 Å². The van der Waals surface area contributed by atoms with Gasteiger partial charge in [0.15, 0.2) is 0 Å². The molecule has 0 bridgehead atoms. The van der Waals surface area contributed by atoms with E-state index < -0.39 is 0 Å². The first-order valence-corrected chi connectivity index (χ1v) is 4.33. The van der Waals surface area contributed by atoms with Crippen LogP contribution in [-0.2, 0) is 4.79 Å². The molecule has 1 heterocycles. The highest BCUT2D eigenvalue weighted by atomic mass is 16.2. The molecule has 3 nitrogen and oxygen atoms in total. The van der Waals surface area contributed by atoms with Crippen LogP contribution in [0.25, 0.3) is 0 Å². The zero-order valence-electron chi connectivity index (χ0n) is 7.02. The Morgan fingerprint density at radius 3 is 3.00 bits per heavy atom. The first-order valence-electron chi connectivity index (χ1n) is 4.33. The van der Waals surface area contributed by atoms with Gasteiger partial charge in [-0.3, -0.25) is 4.79 Å². The molecule has 2 N–H and O–H groups in total. The van der Waals surface area contributed by atoms with Crippen LogP contribution in [0, 0.1) is 0 Å². The van der Waals surface area contributed by atoms with Gasteiger partial charge >= 0.3 is 0 Å². The fourth-order valence-corrected chi connectivity index (χ4v) is 1.26. The summed E-state index contributed by atoms with van der Waals surface area (Å²) in [4.78, 5) is 10.7. The Morgan fingerprint density at radius 2 is 2.45 bits per heavy atom. The normalized spacial score (nSPS) is 24.8. The molecule has 0 spiro atoms. The van der Waals surface area contributed by atoms with Crippen LogP contribution in [0.2, 0.25) is 0 Å². The van der Waals surface area contributed by atoms with Gasteiger partial charge in [0, 0.05) is 12.6 Å². The molecule has 1 aliphatic rings. The van der Waals surface area contributed by atoms with Crippen molar-refractivity contribution in [3.63, 3.8) is 0 Å². The molecular formula is C8H16N2O. The maximum atomic E-state index is 10.7. The van der Waals surface area contributed by atoms with Crippen LogP contribution < -0.4 is 10.6 Å². The molecule has 1 unspecified atom stereocenters. The number of rotatable bonds is 3. The van der Waals surface area contributed by atoms with Crippen molar-refractivity contribution in [1.29, 1.82) is 0 Å². The van der Waals surface area contributed by atoms with E-state index in [1.165, 1.54) is 19.3 Å². The van der Waals surface area contributed by atoms with Gasteiger partial charge in [0.2, 0.25) is 5.91 Å². The van der Waals surface area contributed by atoms with Crippen molar-refractivity contribution >= 4 is 5.91 Å². The molecule has 11 heavy (non-hydrogen) atoms. The predicted molar refractivity (Wildman–Crippen MR) is 44.3 cm³/mol. The van der Waals surface area contributed by atoms with Crippen molar-refractivity contribution in [3.05, 3.63) is 0 Å². The van der Waals surface area contributed by atoms with Crippen LogP contribution in [0.4, 0.5) is 0 Å². The predicted octanol–water partition coefficient (Wildman–Crippen LogP) is 0.265. The fourth-order valence-electron chi connectivity index (χ4n) is 1.26. The Hall–Kier alpha value is -0.570. The fraction of sp³-hybridized carbons (Fsp3) is 0.875. The lowest BCUT2D eigenvalue weighted by Gasteiger charge is -2.23. The van der Waals surface area contributed by atoms with E-state index in [1.54, 1.807) is 0 Å². The van der Waals surface area contributed by atoms with E-state index in [0.29, 0.717) is 12.6 Å². The molecule has 0 saturated carbocycles. The van der Waals surface area contributed by atoms with E-state index in [-0.39, 0.29) is 5.91 Å². The highest BCUT2D eigenvalue weighted by molar-refractivity contribution is 5.78. The molecule has 0 aromatic carbocycles. The first kappa shape index (κ1) is 8.53. The summed E-state index contributed by atoms with van der Waals surface area (Å²) in [6, 6.07) is 0.507. The van der Waals surface area contributed by atoms with Crippen molar-refractivity contribution < 1.29 is 4.79 Å². The molecule has 0 aromatic heterocycles. The molecule has 1 rings (SSSR count). The van der Waals surface area contributed by atoms with Crippen LogP contribution in [0.1, 0.15) is 26.2 Å². The molecule has 64 valence electrons. The van der Waals surface area contributed by atoms with Crippen LogP contribution >= 0.6 is 0 Å². The molecule has 1 fully saturated rings. The summed E-state index contributed by atoms with van der Waals surface area (Å²) in [5, 5.41) is 6.03. The Morgan fingerprint density at radius 1 is 1.64 bits per heavy atom. The molecule has 0 aromatic rings. The van der Waals surface area contributed by atoms with Gasteiger partial charge in [-0.15, -0.1) is 0 Å². The smallest absolute Gasteiger partial charge is 0.234 e. The third-order valence-electron chi connectivity index (χ3n) is 2.00. The van der Waals surface area contributed by atoms with E-state index in [1.807, 2.05) is 0 Å². The van der Waals surface area contributed by atoms with Crippen molar-refractivity contribution in [3.8, 4) is 0 Å². The van der Waals surface area contributed by atoms with Crippen molar-refractivity contribution in [2.24, 2.45) is 0 Å². The van der Waals surface area contributed by atoms with E-state index >= 15 is 0 Å². The number of carbonyl (C=O) groups is 1. The second kappa shape index (κ2) is 4.34. The summed E-state index contributed by atoms with van der Waals surface area (Å²) in [7, 11) is 0. The Labute approximate surface area is 67.5 Å². The van der Waals surface area contributed by atoms with Gasteiger partial charge in [-0.05, 0) is 6.42 Å². The number of hydrogen-bond donors (Lipinski definition) is 2. The minimum atomic E-state index is 0.123. The average molecular weight is 156 g/mol. The maximum Gasteiger partial charge on any atom is 0.234 e. The molecule has 3 heteroatoms. The SMILES string of the molecule is CCCCC1CNC(=O)CN1. The number of carbonyl (C=O) groups excluding carboxylic acids is 1. The highest BCUT2D eigenvalue weighted by Gasteiger charge is 2.15. The van der Waals surface area contributed by atoms with Crippen LogP contribution in [0.3, 0.4) is 0 Å². The summed E-state index contributed by atoms with van der Waals surface area (Å²) in [5.74, 6) is 0.123. The van der Waals surface area contributed by atoms with Gasteiger partial charge in [0.1, 0.15) is 0 Å². The Bertz CT molecular complexity index is 126. The standard InChI is InChI=1S/C8H16N2O/c1-2-3-4-7-5-10-8(11)6-9-7/h7,9H,2-6H2,1H3,(H,10,11). The van der Waals surface area contributed by atoms with Crippen molar-refractivity contribution in [2.45, 2.75) is 32.2 Å². The average Bonchev–Trinajstić information content (AvgIpc) is 2.04. The topological polar surface area (TPSA) is 41.1 Å². The third-order valence-corrected chi connectivity index (χ3v) is 2.00. The number of hydrogen-bond acceptors (Lipinski definition) is 2. The monoisotopic (exact) mass is 156 g/mol. The molecule has 0 aliphatic carbocycles. The van der Waals surface area contributed by atoms with Gasteiger partial charge in [0.25, 0.3) is 0 Å². The zero-order chi connectivity index (χ0) is 8.10. The van der Waals surface area contributed by atoms with Gasteiger partial charge in [-0.1, -0.05) is 19.8 Å². The number of nitrogens with one attached hydrogen (secondary N) is 2. The lowest BCUT2D eigenvalue weighted by molar-refractivity contribution is -0.121. The number of amides is 1. The van der Waals surface area contributed by atoms with Gasteiger partial charge < -0.3 is 10.6 Å². The van der Waals surface area contributed by atoms with E-state index in [2.05, 4.69) is 17.6 Å². The quantitative estimate of drug-likeness (QED) is 0.615. The summed E-state index contributed by atoms with van der Waals surface area (Å²) < 4.78 is 0. The number of unbranched alkanes of at least 4 members (excludes halogenated alkanes) is 1. The molecule has 0 radical (unpaired) electrons. The summed E-state index contributed by atoms with van der Waals surface area (Å²) in [5.41, 5.74) is 0. The number of piperazine rings is 1. The van der Waals surface area contributed by atoms with Crippen LogP contribution in [-0.4, -0.2) is 25.0 Å². The molecule has 1 aliphatic heterocycles. The first-order chi connectivity index (χ1) is 5.33. The van der Waals surface area contributed by atoms with E-state index in [0.717, 1.165) is 6.54 Å². The maximum absolute atomic E-state index is 10.7.